The number of anilines is 1. The van der Waals surface area contributed by atoms with Crippen molar-refractivity contribution in [3.8, 4) is 0 Å². The lowest BCUT2D eigenvalue weighted by Crippen LogP contribution is -2.46. The van der Waals surface area contributed by atoms with Crippen molar-refractivity contribution in [2.75, 3.05) is 11.4 Å². The van der Waals surface area contributed by atoms with E-state index in [1.807, 2.05) is 23.1 Å². The van der Waals surface area contributed by atoms with Crippen LogP contribution in [0.2, 0.25) is 0 Å². The van der Waals surface area contributed by atoms with Crippen LogP contribution >= 0.6 is 0 Å². The largest absolute Gasteiger partial charge is 0.326 e. The van der Waals surface area contributed by atoms with Gasteiger partial charge in [-0.2, -0.15) is 0 Å². The predicted octanol–water partition coefficient (Wildman–Crippen LogP) is 2.09. The molecule has 0 bridgehead atoms. The summed E-state index contributed by atoms with van der Waals surface area (Å²) in [5, 5.41) is 0. The standard InChI is InChI=1S/C14H20N2O/c1-2-3-8-14(17)16-10-12(15)9-11-6-4-5-7-13(11)16/h4-7,12H,2-3,8-10,15H2,1H3. The van der Waals surface area contributed by atoms with Crippen molar-refractivity contribution >= 4 is 11.6 Å². The lowest BCUT2D eigenvalue weighted by molar-refractivity contribution is -0.118. The van der Waals surface area contributed by atoms with Gasteiger partial charge >= 0.3 is 0 Å². The maximum absolute atomic E-state index is 12.1. The summed E-state index contributed by atoms with van der Waals surface area (Å²) in [5.41, 5.74) is 8.25. The van der Waals surface area contributed by atoms with E-state index in [0.29, 0.717) is 13.0 Å². The normalized spacial score (nSPS) is 18.9. The zero-order chi connectivity index (χ0) is 12.3. The van der Waals surface area contributed by atoms with Gasteiger partial charge in [0.25, 0.3) is 0 Å². The average Bonchev–Trinajstić information content (AvgIpc) is 2.34. The molecule has 3 heteroatoms. The number of hydrogen-bond acceptors (Lipinski definition) is 2. The van der Waals surface area contributed by atoms with Gasteiger partial charge in [0, 0.05) is 24.7 Å². The van der Waals surface area contributed by atoms with Crippen LogP contribution in [0.5, 0.6) is 0 Å². The van der Waals surface area contributed by atoms with E-state index in [0.717, 1.165) is 24.9 Å². The fourth-order valence-electron chi connectivity index (χ4n) is 2.33. The van der Waals surface area contributed by atoms with E-state index in [-0.39, 0.29) is 11.9 Å². The number of unbranched alkanes of at least 4 members (excludes halogenated alkanes) is 1. The molecule has 1 aromatic carbocycles. The van der Waals surface area contributed by atoms with Crippen LogP contribution in [-0.2, 0) is 11.2 Å². The first-order chi connectivity index (χ1) is 8.22. The summed E-state index contributed by atoms with van der Waals surface area (Å²) in [5.74, 6) is 0.203. The number of carbonyl (C=O) groups excluding carboxylic acids is 1. The molecule has 0 spiro atoms. The molecule has 1 atom stereocenters. The Morgan fingerprint density at radius 1 is 1.47 bits per heavy atom. The van der Waals surface area contributed by atoms with Gasteiger partial charge in [-0.05, 0) is 24.5 Å². The highest BCUT2D eigenvalue weighted by Crippen LogP contribution is 2.27. The molecule has 1 aliphatic heterocycles. The lowest BCUT2D eigenvalue weighted by atomic mass is 9.98. The van der Waals surface area contributed by atoms with Crippen LogP contribution in [0.25, 0.3) is 0 Å². The number of nitrogens with zero attached hydrogens (tertiary/aromatic N) is 1. The van der Waals surface area contributed by atoms with Gasteiger partial charge in [0.2, 0.25) is 5.91 Å². The molecule has 0 aromatic heterocycles. The Bertz CT molecular complexity index is 403. The molecule has 1 unspecified atom stereocenters. The highest BCUT2D eigenvalue weighted by Gasteiger charge is 2.25. The highest BCUT2D eigenvalue weighted by molar-refractivity contribution is 5.94. The molecule has 0 fully saturated rings. The lowest BCUT2D eigenvalue weighted by Gasteiger charge is -2.33. The number of hydrogen-bond donors (Lipinski definition) is 1. The first-order valence-corrected chi connectivity index (χ1v) is 6.36. The molecule has 2 rings (SSSR count). The van der Waals surface area contributed by atoms with E-state index in [9.17, 15) is 4.79 Å². The Hall–Kier alpha value is -1.35. The fourth-order valence-corrected chi connectivity index (χ4v) is 2.33. The summed E-state index contributed by atoms with van der Waals surface area (Å²) >= 11 is 0. The Balaban J connectivity index is 2.20. The van der Waals surface area contributed by atoms with Crippen molar-refractivity contribution in [2.45, 2.75) is 38.6 Å². The van der Waals surface area contributed by atoms with Crippen LogP contribution in [0.15, 0.2) is 24.3 Å². The Labute approximate surface area is 103 Å². The third-order valence-electron chi connectivity index (χ3n) is 3.23. The monoisotopic (exact) mass is 232 g/mol. The van der Waals surface area contributed by atoms with Crippen LogP contribution in [0.3, 0.4) is 0 Å². The number of fused-ring (bicyclic) bond motifs is 1. The Morgan fingerprint density at radius 3 is 3.00 bits per heavy atom. The molecule has 1 aliphatic rings. The molecule has 0 saturated heterocycles. The summed E-state index contributed by atoms with van der Waals surface area (Å²) in [6, 6.07) is 8.14. The van der Waals surface area contributed by atoms with E-state index in [2.05, 4.69) is 13.0 Å². The molecule has 1 heterocycles. The van der Waals surface area contributed by atoms with E-state index in [4.69, 9.17) is 5.73 Å². The molecule has 92 valence electrons. The summed E-state index contributed by atoms with van der Waals surface area (Å²) < 4.78 is 0. The average molecular weight is 232 g/mol. The molecular weight excluding hydrogens is 212 g/mol. The zero-order valence-corrected chi connectivity index (χ0v) is 10.4. The number of carbonyl (C=O) groups is 1. The van der Waals surface area contributed by atoms with E-state index in [1.54, 1.807) is 0 Å². The van der Waals surface area contributed by atoms with Crippen molar-refractivity contribution in [3.63, 3.8) is 0 Å². The van der Waals surface area contributed by atoms with Gasteiger partial charge in [0.05, 0.1) is 0 Å². The SMILES string of the molecule is CCCCC(=O)N1CC(N)Cc2ccccc21. The van der Waals surface area contributed by atoms with Crippen molar-refractivity contribution in [2.24, 2.45) is 5.73 Å². The van der Waals surface area contributed by atoms with E-state index >= 15 is 0 Å². The topological polar surface area (TPSA) is 46.3 Å². The third-order valence-corrected chi connectivity index (χ3v) is 3.23. The smallest absolute Gasteiger partial charge is 0.227 e. The maximum atomic E-state index is 12.1. The first-order valence-electron chi connectivity index (χ1n) is 6.36. The van der Waals surface area contributed by atoms with Gasteiger partial charge < -0.3 is 10.6 Å². The number of nitrogens with two attached hydrogens (primary N) is 1. The van der Waals surface area contributed by atoms with Gasteiger partial charge in [0.15, 0.2) is 0 Å². The van der Waals surface area contributed by atoms with Crippen molar-refractivity contribution < 1.29 is 4.79 Å². The van der Waals surface area contributed by atoms with Gasteiger partial charge in [-0.1, -0.05) is 31.5 Å². The van der Waals surface area contributed by atoms with E-state index < -0.39 is 0 Å². The first kappa shape index (κ1) is 12.1. The van der Waals surface area contributed by atoms with Crippen LogP contribution in [0.1, 0.15) is 31.7 Å². The Kier molecular flexibility index (Phi) is 3.79. The van der Waals surface area contributed by atoms with Gasteiger partial charge in [-0.3, -0.25) is 4.79 Å². The second-order valence-electron chi connectivity index (χ2n) is 4.70. The number of benzene rings is 1. The molecule has 3 nitrogen and oxygen atoms in total. The minimum atomic E-state index is 0.0653. The van der Waals surface area contributed by atoms with Crippen LogP contribution in [0, 0.1) is 0 Å². The molecule has 1 amide bonds. The predicted molar refractivity (Wildman–Crippen MR) is 70.0 cm³/mol. The highest BCUT2D eigenvalue weighted by atomic mass is 16.2. The molecule has 0 saturated carbocycles. The van der Waals surface area contributed by atoms with Gasteiger partial charge in [-0.25, -0.2) is 0 Å². The fraction of sp³-hybridized carbons (Fsp3) is 0.500. The number of rotatable bonds is 3. The summed E-state index contributed by atoms with van der Waals surface area (Å²) in [7, 11) is 0. The zero-order valence-electron chi connectivity index (χ0n) is 10.4. The third kappa shape index (κ3) is 2.67. The molecular formula is C14H20N2O. The minimum Gasteiger partial charge on any atom is -0.326 e. The van der Waals surface area contributed by atoms with Gasteiger partial charge in [0.1, 0.15) is 0 Å². The molecule has 0 radical (unpaired) electrons. The number of amides is 1. The van der Waals surface area contributed by atoms with Crippen molar-refractivity contribution in [1.29, 1.82) is 0 Å². The van der Waals surface area contributed by atoms with E-state index in [1.165, 1.54) is 5.56 Å². The van der Waals surface area contributed by atoms with Crippen LogP contribution < -0.4 is 10.6 Å². The summed E-state index contributed by atoms with van der Waals surface area (Å²) in [6.45, 7) is 2.75. The number of para-hydroxylation sites is 1. The quantitative estimate of drug-likeness (QED) is 0.867. The molecule has 17 heavy (non-hydrogen) atoms. The van der Waals surface area contributed by atoms with Crippen molar-refractivity contribution in [1.82, 2.24) is 0 Å². The summed E-state index contributed by atoms with van der Waals surface area (Å²) in [4.78, 5) is 14.0. The van der Waals surface area contributed by atoms with Crippen LogP contribution in [-0.4, -0.2) is 18.5 Å². The second-order valence-corrected chi connectivity index (χ2v) is 4.70. The second kappa shape index (κ2) is 5.32. The summed E-state index contributed by atoms with van der Waals surface area (Å²) in [6.07, 6.45) is 3.49. The molecule has 2 N–H and O–H groups in total. The minimum absolute atomic E-state index is 0.0653. The maximum Gasteiger partial charge on any atom is 0.227 e. The Morgan fingerprint density at radius 2 is 2.24 bits per heavy atom. The van der Waals surface area contributed by atoms with Gasteiger partial charge in [-0.15, -0.1) is 0 Å². The molecule has 1 aromatic rings. The van der Waals surface area contributed by atoms with Crippen molar-refractivity contribution in [3.05, 3.63) is 29.8 Å². The van der Waals surface area contributed by atoms with Crippen LogP contribution in [0.4, 0.5) is 5.69 Å². The molecule has 0 aliphatic carbocycles.